The first-order chi connectivity index (χ1) is 9.20. The molecule has 0 aliphatic heterocycles. The maximum absolute atomic E-state index is 12.4. The van der Waals surface area contributed by atoms with Crippen molar-refractivity contribution in [1.29, 1.82) is 0 Å². The highest BCUT2D eigenvalue weighted by molar-refractivity contribution is 5.79. The number of unbranched alkanes of at least 4 members (excludes halogenated alkanes) is 1. The highest BCUT2D eigenvalue weighted by Gasteiger charge is 2.31. The van der Waals surface area contributed by atoms with Crippen molar-refractivity contribution in [2.24, 2.45) is 17.6 Å². The predicted molar refractivity (Wildman–Crippen MR) is 78.7 cm³/mol. The molecular weight excluding hydrogens is 236 g/mol. The van der Waals surface area contributed by atoms with E-state index in [1.807, 2.05) is 0 Å². The topological polar surface area (TPSA) is 55.1 Å². The summed E-state index contributed by atoms with van der Waals surface area (Å²) in [4.78, 5) is 12.4. The fourth-order valence-corrected chi connectivity index (χ4v) is 3.46. The standard InChI is InChI=1S/C16H30N2O/c1-2-3-10-15(12-6-4-7-12)18-16(19)13-8-5-9-14(17)11-13/h12-15H,2-11,17H2,1H3,(H,18,19). The number of hydrogen-bond acceptors (Lipinski definition) is 2. The third kappa shape index (κ3) is 4.20. The lowest BCUT2D eigenvalue weighted by atomic mass is 9.77. The number of hydrogen-bond donors (Lipinski definition) is 2. The fourth-order valence-electron chi connectivity index (χ4n) is 3.46. The average molecular weight is 266 g/mol. The Morgan fingerprint density at radius 3 is 2.58 bits per heavy atom. The highest BCUT2D eigenvalue weighted by Crippen LogP contribution is 2.32. The third-order valence-corrected chi connectivity index (χ3v) is 5.00. The third-order valence-electron chi connectivity index (χ3n) is 5.00. The minimum atomic E-state index is 0.174. The predicted octanol–water partition coefficient (Wildman–Crippen LogP) is 2.98. The van der Waals surface area contributed by atoms with E-state index in [-0.39, 0.29) is 17.9 Å². The Labute approximate surface area is 117 Å². The summed E-state index contributed by atoms with van der Waals surface area (Å²) in [7, 11) is 0. The lowest BCUT2D eigenvalue weighted by Crippen LogP contribution is -2.46. The molecule has 1 amide bonds. The van der Waals surface area contributed by atoms with Crippen LogP contribution in [0.5, 0.6) is 0 Å². The molecule has 3 N–H and O–H groups in total. The van der Waals surface area contributed by atoms with E-state index >= 15 is 0 Å². The minimum Gasteiger partial charge on any atom is -0.353 e. The lowest BCUT2D eigenvalue weighted by Gasteiger charge is -2.36. The van der Waals surface area contributed by atoms with Crippen LogP contribution < -0.4 is 11.1 Å². The van der Waals surface area contributed by atoms with Crippen LogP contribution in [0.4, 0.5) is 0 Å². The van der Waals surface area contributed by atoms with Gasteiger partial charge in [0.2, 0.25) is 5.91 Å². The van der Waals surface area contributed by atoms with Gasteiger partial charge in [-0.15, -0.1) is 0 Å². The fraction of sp³-hybridized carbons (Fsp3) is 0.938. The van der Waals surface area contributed by atoms with Crippen LogP contribution >= 0.6 is 0 Å². The summed E-state index contributed by atoms with van der Waals surface area (Å²) in [6.07, 6.45) is 11.7. The van der Waals surface area contributed by atoms with E-state index in [2.05, 4.69) is 12.2 Å². The van der Waals surface area contributed by atoms with Gasteiger partial charge in [0.05, 0.1) is 0 Å². The number of nitrogens with two attached hydrogens (primary N) is 1. The summed E-state index contributed by atoms with van der Waals surface area (Å²) < 4.78 is 0. The molecule has 0 aromatic heterocycles. The second kappa shape index (κ2) is 7.28. The van der Waals surface area contributed by atoms with Crippen LogP contribution in [0.1, 0.15) is 71.1 Å². The van der Waals surface area contributed by atoms with Crippen LogP contribution in [0.3, 0.4) is 0 Å². The van der Waals surface area contributed by atoms with Gasteiger partial charge in [-0.3, -0.25) is 4.79 Å². The summed E-state index contributed by atoms with van der Waals surface area (Å²) in [5, 5.41) is 3.35. The summed E-state index contributed by atoms with van der Waals surface area (Å²) in [5.74, 6) is 1.20. The first-order valence-corrected chi connectivity index (χ1v) is 8.26. The van der Waals surface area contributed by atoms with E-state index in [9.17, 15) is 4.79 Å². The maximum atomic E-state index is 12.4. The molecule has 0 heterocycles. The molecular formula is C16H30N2O. The van der Waals surface area contributed by atoms with E-state index in [1.165, 1.54) is 32.1 Å². The van der Waals surface area contributed by atoms with Crippen molar-refractivity contribution in [3.63, 3.8) is 0 Å². The van der Waals surface area contributed by atoms with Crippen molar-refractivity contribution >= 4 is 5.91 Å². The average Bonchev–Trinajstić information content (AvgIpc) is 2.33. The number of carbonyl (C=O) groups is 1. The monoisotopic (exact) mass is 266 g/mol. The van der Waals surface area contributed by atoms with Gasteiger partial charge in [-0.2, -0.15) is 0 Å². The molecule has 3 atom stereocenters. The second-order valence-corrected chi connectivity index (χ2v) is 6.57. The van der Waals surface area contributed by atoms with Gasteiger partial charge < -0.3 is 11.1 Å². The molecule has 3 nitrogen and oxygen atoms in total. The molecule has 0 saturated heterocycles. The minimum absolute atomic E-state index is 0.174. The van der Waals surface area contributed by atoms with Crippen LogP contribution in [0.2, 0.25) is 0 Å². The van der Waals surface area contributed by atoms with E-state index in [4.69, 9.17) is 5.73 Å². The SMILES string of the molecule is CCCCC(NC(=O)C1CCCC(N)C1)C1CCC1. The normalized spacial score (nSPS) is 29.6. The van der Waals surface area contributed by atoms with Gasteiger partial charge >= 0.3 is 0 Å². The van der Waals surface area contributed by atoms with Crippen molar-refractivity contribution in [1.82, 2.24) is 5.32 Å². The smallest absolute Gasteiger partial charge is 0.223 e. The van der Waals surface area contributed by atoms with Crippen molar-refractivity contribution in [2.75, 3.05) is 0 Å². The van der Waals surface area contributed by atoms with Crippen LogP contribution in [-0.4, -0.2) is 18.0 Å². The second-order valence-electron chi connectivity index (χ2n) is 6.57. The summed E-state index contributed by atoms with van der Waals surface area (Å²) >= 11 is 0. The Morgan fingerprint density at radius 1 is 1.26 bits per heavy atom. The summed E-state index contributed by atoms with van der Waals surface area (Å²) in [5.41, 5.74) is 5.99. The molecule has 2 fully saturated rings. The number of rotatable bonds is 6. The first kappa shape index (κ1) is 14.8. The molecule has 0 spiro atoms. The Balaban J connectivity index is 1.82. The molecule has 3 heteroatoms. The number of amides is 1. The first-order valence-electron chi connectivity index (χ1n) is 8.26. The Bertz CT molecular complexity index is 288. The molecule has 110 valence electrons. The highest BCUT2D eigenvalue weighted by atomic mass is 16.1. The van der Waals surface area contributed by atoms with Gasteiger partial charge in [-0.1, -0.05) is 32.6 Å². The Hall–Kier alpha value is -0.570. The number of carbonyl (C=O) groups excluding carboxylic acids is 1. The molecule has 2 aliphatic carbocycles. The molecule has 2 rings (SSSR count). The van der Waals surface area contributed by atoms with Crippen molar-refractivity contribution < 1.29 is 4.79 Å². The number of nitrogens with one attached hydrogen (secondary N) is 1. The summed E-state index contributed by atoms with van der Waals surface area (Å²) in [6.45, 7) is 2.22. The zero-order valence-corrected chi connectivity index (χ0v) is 12.4. The van der Waals surface area contributed by atoms with Crippen molar-refractivity contribution in [3.05, 3.63) is 0 Å². The molecule has 0 aromatic rings. The van der Waals surface area contributed by atoms with Gasteiger partial charge in [-0.05, 0) is 44.4 Å². The van der Waals surface area contributed by atoms with E-state index < -0.39 is 0 Å². The van der Waals surface area contributed by atoms with Crippen LogP contribution in [0.25, 0.3) is 0 Å². The van der Waals surface area contributed by atoms with Gasteiger partial charge in [0.25, 0.3) is 0 Å². The maximum Gasteiger partial charge on any atom is 0.223 e. The summed E-state index contributed by atoms with van der Waals surface area (Å²) in [6, 6.07) is 0.668. The van der Waals surface area contributed by atoms with Crippen LogP contribution in [0, 0.1) is 11.8 Å². The molecule has 0 radical (unpaired) electrons. The van der Waals surface area contributed by atoms with Crippen LogP contribution in [0.15, 0.2) is 0 Å². The van der Waals surface area contributed by atoms with Gasteiger partial charge in [0, 0.05) is 18.0 Å². The Morgan fingerprint density at radius 2 is 2.00 bits per heavy atom. The Kier molecular flexibility index (Phi) is 5.68. The van der Waals surface area contributed by atoms with E-state index in [1.54, 1.807) is 0 Å². The largest absolute Gasteiger partial charge is 0.353 e. The van der Waals surface area contributed by atoms with Gasteiger partial charge in [0.15, 0.2) is 0 Å². The molecule has 3 unspecified atom stereocenters. The van der Waals surface area contributed by atoms with E-state index in [0.717, 1.165) is 38.0 Å². The lowest BCUT2D eigenvalue weighted by molar-refractivity contribution is -0.127. The molecule has 2 saturated carbocycles. The quantitative estimate of drug-likeness (QED) is 0.776. The van der Waals surface area contributed by atoms with Crippen LogP contribution in [-0.2, 0) is 4.79 Å². The molecule has 2 aliphatic rings. The van der Waals surface area contributed by atoms with Crippen molar-refractivity contribution in [2.45, 2.75) is 83.2 Å². The van der Waals surface area contributed by atoms with Gasteiger partial charge in [0.1, 0.15) is 0 Å². The van der Waals surface area contributed by atoms with E-state index in [0.29, 0.717) is 6.04 Å². The molecule has 0 bridgehead atoms. The molecule has 0 aromatic carbocycles. The zero-order valence-electron chi connectivity index (χ0n) is 12.4. The zero-order chi connectivity index (χ0) is 13.7. The molecule has 19 heavy (non-hydrogen) atoms. The van der Waals surface area contributed by atoms with Gasteiger partial charge in [-0.25, -0.2) is 0 Å². The van der Waals surface area contributed by atoms with Crippen molar-refractivity contribution in [3.8, 4) is 0 Å².